The van der Waals surface area contributed by atoms with Gasteiger partial charge in [0.2, 0.25) is 0 Å². The van der Waals surface area contributed by atoms with E-state index in [-0.39, 0.29) is 6.42 Å². The Kier molecular flexibility index (Phi) is 4.52. The first kappa shape index (κ1) is 16.1. The van der Waals surface area contributed by atoms with Gasteiger partial charge in [0, 0.05) is 17.4 Å². The highest BCUT2D eigenvalue weighted by atomic mass is 16.4. The van der Waals surface area contributed by atoms with Crippen LogP contribution in [0.5, 0.6) is 0 Å². The van der Waals surface area contributed by atoms with Crippen molar-refractivity contribution in [2.45, 2.75) is 26.7 Å². The average Bonchev–Trinajstić information content (AvgIpc) is 2.98. The van der Waals surface area contributed by atoms with E-state index in [4.69, 9.17) is 0 Å². The first-order chi connectivity index (χ1) is 11.5. The van der Waals surface area contributed by atoms with Gasteiger partial charge in [0.1, 0.15) is 0 Å². The van der Waals surface area contributed by atoms with Crippen LogP contribution in [-0.2, 0) is 11.2 Å². The molecule has 3 aromatic rings. The van der Waals surface area contributed by atoms with E-state index in [9.17, 15) is 9.90 Å². The number of rotatable bonds is 5. The molecule has 24 heavy (non-hydrogen) atoms. The third-order valence-electron chi connectivity index (χ3n) is 4.19. The van der Waals surface area contributed by atoms with Crippen molar-refractivity contribution < 1.29 is 9.90 Å². The summed E-state index contributed by atoms with van der Waals surface area (Å²) in [6, 6.07) is 20.7. The van der Waals surface area contributed by atoms with Crippen LogP contribution in [0.4, 0.5) is 0 Å². The molecule has 0 spiro atoms. The molecule has 3 rings (SSSR count). The maximum Gasteiger partial charge on any atom is 0.0531 e. The van der Waals surface area contributed by atoms with Crippen molar-refractivity contribution in [1.29, 1.82) is 0 Å². The number of benzene rings is 2. The van der Waals surface area contributed by atoms with Gasteiger partial charge in [-0.1, -0.05) is 47.5 Å². The van der Waals surface area contributed by atoms with Crippen LogP contribution in [0.3, 0.4) is 0 Å². The van der Waals surface area contributed by atoms with Crippen LogP contribution in [0.1, 0.15) is 23.2 Å². The molecular weight excluding hydrogens is 298 g/mol. The Morgan fingerprint density at radius 1 is 0.875 bits per heavy atom. The summed E-state index contributed by atoms with van der Waals surface area (Å²) < 4.78 is 2.13. The van der Waals surface area contributed by atoms with Crippen LogP contribution < -0.4 is 5.11 Å². The third kappa shape index (κ3) is 3.40. The van der Waals surface area contributed by atoms with Crippen LogP contribution in [-0.4, -0.2) is 10.5 Å². The molecule has 1 heterocycles. The maximum atomic E-state index is 10.9. The molecule has 2 aromatic carbocycles. The highest BCUT2D eigenvalue weighted by Gasteiger charge is 2.12. The topological polar surface area (TPSA) is 45.1 Å². The molecule has 3 heteroatoms. The Morgan fingerprint density at radius 3 is 2.04 bits per heavy atom. The average molecular weight is 318 g/mol. The number of carbonyl (C=O) groups excluding carboxylic acids is 1. The second-order valence-corrected chi connectivity index (χ2v) is 6.12. The lowest BCUT2D eigenvalue weighted by Gasteiger charge is -2.15. The zero-order valence-corrected chi connectivity index (χ0v) is 14.0. The van der Waals surface area contributed by atoms with E-state index in [1.165, 1.54) is 11.1 Å². The van der Waals surface area contributed by atoms with E-state index in [0.29, 0.717) is 6.42 Å². The van der Waals surface area contributed by atoms with Gasteiger partial charge in [0.25, 0.3) is 0 Å². The van der Waals surface area contributed by atoms with Crippen molar-refractivity contribution in [3.8, 4) is 16.9 Å². The Morgan fingerprint density at radius 2 is 1.46 bits per heavy atom. The van der Waals surface area contributed by atoms with Crippen molar-refractivity contribution in [2.24, 2.45) is 0 Å². The van der Waals surface area contributed by atoms with Crippen molar-refractivity contribution in [1.82, 2.24) is 4.57 Å². The molecule has 0 aliphatic rings. The smallest absolute Gasteiger partial charge is 0.0531 e. The summed E-state index contributed by atoms with van der Waals surface area (Å²) in [5, 5.41) is 10.9. The standard InChI is InChI=1S/C21H21NO2/c1-15-3-7-17(8-4-15)20-13-11-19(12-14-21(23)24)22(20)18-9-5-16(2)6-10-18/h3-11,13H,12,14H2,1-2H3,(H,23,24)/p-1. The second kappa shape index (κ2) is 6.75. The molecule has 0 atom stereocenters. The van der Waals surface area contributed by atoms with Gasteiger partial charge in [-0.3, -0.25) is 0 Å². The lowest BCUT2D eigenvalue weighted by Crippen LogP contribution is -2.22. The van der Waals surface area contributed by atoms with Gasteiger partial charge in [0.15, 0.2) is 0 Å². The summed E-state index contributed by atoms with van der Waals surface area (Å²) in [5.74, 6) is -1.02. The Bertz CT molecular complexity index is 843. The molecular formula is C21H20NO2-. The van der Waals surface area contributed by atoms with E-state index in [0.717, 1.165) is 22.6 Å². The fourth-order valence-electron chi connectivity index (χ4n) is 2.85. The molecule has 0 saturated carbocycles. The number of nitrogens with zero attached hydrogens (tertiary/aromatic N) is 1. The van der Waals surface area contributed by atoms with Gasteiger partial charge in [-0.05, 0) is 56.5 Å². The molecule has 3 nitrogen and oxygen atoms in total. The predicted octanol–water partition coefficient (Wildman–Crippen LogP) is 3.44. The summed E-state index contributed by atoms with van der Waals surface area (Å²) in [5.41, 5.74) is 6.59. The normalized spacial score (nSPS) is 10.8. The molecule has 0 aliphatic carbocycles. The highest BCUT2D eigenvalue weighted by Crippen LogP contribution is 2.28. The van der Waals surface area contributed by atoms with Gasteiger partial charge in [-0.25, -0.2) is 0 Å². The number of aryl methyl sites for hydroxylation is 3. The fraction of sp³-hybridized carbons (Fsp3) is 0.190. The first-order valence-corrected chi connectivity index (χ1v) is 8.09. The van der Waals surface area contributed by atoms with Crippen LogP contribution in [0.25, 0.3) is 16.9 Å². The van der Waals surface area contributed by atoms with Gasteiger partial charge < -0.3 is 14.5 Å². The second-order valence-electron chi connectivity index (χ2n) is 6.12. The fourth-order valence-corrected chi connectivity index (χ4v) is 2.85. The van der Waals surface area contributed by atoms with Gasteiger partial charge in [-0.2, -0.15) is 0 Å². The quantitative estimate of drug-likeness (QED) is 0.723. The molecule has 1 aromatic heterocycles. The number of hydrogen-bond donors (Lipinski definition) is 0. The first-order valence-electron chi connectivity index (χ1n) is 8.09. The van der Waals surface area contributed by atoms with E-state index in [1.807, 2.05) is 6.07 Å². The Balaban J connectivity index is 2.09. The zero-order chi connectivity index (χ0) is 17.1. The summed E-state index contributed by atoms with van der Waals surface area (Å²) >= 11 is 0. The molecule has 0 fully saturated rings. The molecule has 0 amide bonds. The molecule has 0 radical (unpaired) electrons. The van der Waals surface area contributed by atoms with Crippen molar-refractivity contribution in [3.63, 3.8) is 0 Å². The van der Waals surface area contributed by atoms with E-state index in [2.05, 4.69) is 73.0 Å². The number of aliphatic carboxylic acids is 1. The van der Waals surface area contributed by atoms with Crippen molar-refractivity contribution in [3.05, 3.63) is 77.5 Å². The number of carbonyl (C=O) groups is 1. The monoisotopic (exact) mass is 318 g/mol. The summed E-state index contributed by atoms with van der Waals surface area (Å²) in [7, 11) is 0. The van der Waals surface area contributed by atoms with Crippen molar-refractivity contribution >= 4 is 5.97 Å². The minimum Gasteiger partial charge on any atom is -0.550 e. The predicted molar refractivity (Wildman–Crippen MR) is 94.0 cm³/mol. The Labute approximate surface area is 142 Å². The lowest BCUT2D eigenvalue weighted by molar-refractivity contribution is -0.305. The molecule has 0 bridgehead atoms. The minimum atomic E-state index is -1.02. The molecule has 0 unspecified atom stereocenters. The molecule has 0 aliphatic heterocycles. The number of carboxylic acid groups (broad SMARTS) is 1. The molecule has 0 saturated heterocycles. The third-order valence-corrected chi connectivity index (χ3v) is 4.19. The maximum absolute atomic E-state index is 10.9. The van der Waals surface area contributed by atoms with Gasteiger partial charge >= 0.3 is 0 Å². The number of hydrogen-bond acceptors (Lipinski definition) is 2. The highest BCUT2D eigenvalue weighted by molar-refractivity contribution is 5.66. The van der Waals surface area contributed by atoms with Crippen LogP contribution in [0.2, 0.25) is 0 Å². The number of carboxylic acids is 1. The van der Waals surface area contributed by atoms with Crippen LogP contribution in [0.15, 0.2) is 60.7 Å². The Hall–Kier alpha value is -2.81. The summed E-state index contributed by atoms with van der Waals surface area (Å²) in [6.07, 6.45) is 0.464. The van der Waals surface area contributed by atoms with E-state index < -0.39 is 5.97 Å². The summed E-state index contributed by atoms with van der Waals surface area (Å²) in [6.45, 7) is 4.12. The zero-order valence-electron chi connectivity index (χ0n) is 14.0. The van der Waals surface area contributed by atoms with Crippen LogP contribution in [0, 0.1) is 13.8 Å². The molecule has 122 valence electrons. The lowest BCUT2D eigenvalue weighted by atomic mass is 10.1. The van der Waals surface area contributed by atoms with Gasteiger partial charge in [-0.15, -0.1) is 0 Å². The SMILES string of the molecule is Cc1ccc(-c2ccc(CCC(=O)[O-])n2-c2ccc(C)cc2)cc1. The molecule has 0 N–H and O–H groups in total. The number of aromatic nitrogens is 1. The minimum absolute atomic E-state index is 0.0171. The van der Waals surface area contributed by atoms with Crippen molar-refractivity contribution in [2.75, 3.05) is 0 Å². The van der Waals surface area contributed by atoms with Crippen LogP contribution >= 0.6 is 0 Å². The van der Waals surface area contributed by atoms with Gasteiger partial charge in [0.05, 0.1) is 5.69 Å². The van der Waals surface area contributed by atoms with E-state index >= 15 is 0 Å². The largest absolute Gasteiger partial charge is 0.550 e. The van der Waals surface area contributed by atoms with E-state index in [1.54, 1.807) is 0 Å². The summed E-state index contributed by atoms with van der Waals surface area (Å²) in [4.78, 5) is 10.9.